The Morgan fingerprint density at radius 1 is 1.23 bits per heavy atom. The van der Waals surface area contributed by atoms with Crippen molar-refractivity contribution in [1.29, 1.82) is 0 Å². The fourth-order valence-electron chi connectivity index (χ4n) is 2.58. The average Bonchev–Trinajstić information content (AvgIpc) is 2.93. The molecule has 22 heavy (non-hydrogen) atoms. The molecule has 1 heterocycles. The third-order valence-electron chi connectivity index (χ3n) is 3.97. The Labute approximate surface area is 132 Å². The summed E-state index contributed by atoms with van der Waals surface area (Å²) in [7, 11) is 3.30. The van der Waals surface area contributed by atoms with Gasteiger partial charge in [-0.2, -0.15) is 5.10 Å². The van der Waals surface area contributed by atoms with Crippen LogP contribution in [-0.2, 0) is 13.1 Å². The first-order chi connectivity index (χ1) is 10.6. The molecule has 1 unspecified atom stereocenters. The van der Waals surface area contributed by atoms with Gasteiger partial charge in [0, 0.05) is 30.4 Å². The van der Waals surface area contributed by atoms with E-state index in [0.717, 1.165) is 30.2 Å². The maximum Gasteiger partial charge on any atom is 0.161 e. The molecule has 1 aromatic carbocycles. The number of methoxy groups -OCH3 is 2. The largest absolute Gasteiger partial charge is 0.493 e. The normalized spacial score (nSPS) is 12.2. The van der Waals surface area contributed by atoms with E-state index in [2.05, 4.69) is 31.2 Å². The number of ether oxygens (including phenoxy) is 2. The van der Waals surface area contributed by atoms with Crippen molar-refractivity contribution >= 4 is 0 Å². The van der Waals surface area contributed by atoms with Gasteiger partial charge in [-0.1, -0.05) is 6.07 Å². The van der Waals surface area contributed by atoms with Crippen LogP contribution in [0.5, 0.6) is 11.5 Å². The van der Waals surface area contributed by atoms with Crippen LogP contribution < -0.4 is 14.8 Å². The summed E-state index contributed by atoms with van der Waals surface area (Å²) in [4.78, 5) is 0. The number of hydrogen-bond donors (Lipinski definition) is 1. The zero-order valence-electron chi connectivity index (χ0n) is 14.0. The Morgan fingerprint density at radius 3 is 2.55 bits per heavy atom. The minimum Gasteiger partial charge on any atom is -0.493 e. The number of hydrogen-bond acceptors (Lipinski definition) is 4. The molecule has 2 rings (SSSR count). The van der Waals surface area contributed by atoms with E-state index < -0.39 is 0 Å². The second-order valence-corrected chi connectivity index (χ2v) is 5.29. The third-order valence-corrected chi connectivity index (χ3v) is 3.97. The number of benzene rings is 1. The van der Waals surface area contributed by atoms with Gasteiger partial charge in [0.15, 0.2) is 11.5 Å². The first kappa shape index (κ1) is 16.4. The molecule has 120 valence electrons. The van der Waals surface area contributed by atoms with Gasteiger partial charge in [-0.15, -0.1) is 0 Å². The van der Waals surface area contributed by atoms with Gasteiger partial charge in [0.05, 0.1) is 20.4 Å². The standard InChI is InChI=1S/C17H25N3O2/c1-6-20-13(3)15(11-19-20)12(2)18-10-14-7-8-16(21-4)17(9-14)22-5/h7-9,11-12,18H,6,10H2,1-5H3. The number of rotatable bonds is 7. The molecule has 0 saturated carbocycles. The van der Waals surface area contributed by atoms with Crippen LogP contribution in [0, 0.1) is 6.92 Å². The molecule has 0 saturated heterocycles. The molecule has 1 N–H and O–H groups in total. The van der Waals surface area contributed by atoms with Gasteiger partial charge in [0.1, 0.15) is 0 Å². The maximum absolute atomic E-state index is 5.34. The van der Waals surface area contributed by atoms with E-state index in [1.165, 1.54) is 11.3 Å². The highest BCUT2D eigenvalue weighted by atomic mass is 16.5. The van der Waals surface area contributed by atoms with Crippen molar-refractivity contribution < 1.29 is 9.47 Å². The Kier molecular flexibility index (Phi) is 5.44. The number of nitrogens with one attached hydrogen (secondary N) is 1. The summed E-state index contributed by atoms with van der Waals surface area (Å²) in [6.07, 6.45) is 1.95. The topological polar surface area (TPSA) is 48.3 Å². The van der Waals surface area contributed by atoms with Gasteiger partial charge in [0.2, 0.25) is 0 Å². The van der Waals surface area contributed by atoms with Crippen LogP contribution in [0.2, 0.25) is 0 Å². The number of aromatic nitrogens is 2. The molecule has 2 aromatic rings. The van der Waals surface area contributed by atoms with Crippen LogP contribution in [0.3, 0.4) is 0 Å². The van der Waals surface area contributed by atoms with Crippen molar-refractivity contribution in [3.05, 3.63) is 41.2 Å². The lowest BCUT2D eigenvalue weighted by molar-refractivity contribution is 0.354. The summed E-state index contributed by atoms with van der Waals surface area (Å²) in [5.74, 6) is 1.50. The third kappa shape index (κ3) is 3.42. The molecule has 0 radical (unpaired) electrons. The molecule has 0 spiro atoms. The zero-order chi connectivity index (χ0) is 16.1. The van der Waals surface area contributed by atoms with E-state index in [1.54, 1.807) is 14.2 Å². The van der Waals surface area contributed by atoms with Gasteiger partial charge >= 0.3 is 0 Å². The summed E-state index contributed by atoms with van der Waals surface area (Å²) in [5, 5.41) is 7.93. The Hall–Kier alpha value is -2.01. The molecule has 0 aliphatic heterocycles. The van der Waals surface area contributed by atoms with Crippen LogP contribution in [0.25, 0.3) is 0 Å². The molecule has 5 heteroatoms. The second-order valence-electron chi connectivity index (χ2n) is 5.29. The summed E-state index contributed by atoms with van der Waals surface area (Å²) >= 11 is 0. The van der Waals surface area contributed by atoms with E-state index in [9.17, 15) is 0 Å². The van der Waals surface area contributed by atoms with E-state index in [1.807, 2.05) is 29.1 Å². The number of nitrogens with zero attached hydrogens (tertiary/aromatic N) is 2. The van der Waals surface area contributed by atoms with Crippen molar-refractivity contribution in [3.63, 3.8) is 0 Å². The predicted octanol–water partition coefficient (Wildman–Crippen LogP) is 3.08. The highest BCUT2D eigenvalue weighted by molar-refractivity contribution is 5.42. The van der Waals surface area contributed by atoms with Crippen molar-refractivity contribution in [3.8, 4) is 11.5 Å². The average molecular weight is 303 g/mol. The molecular weight excluding hydrogens is 278 g/mol. The van der Waals surface area contributed by atoms with Gasteiger partial charge < -0.3 is 14.8 Å². The lowest BCUT2D eigenvalue weighted by Crippen LogP contribution is -2.18. The first-order valence-electron chi connectivity index (χ1n) is 7.57. The monoisotopic (exact) mass is 303 g/mol. The molecule has 0 bridgehead atoms. The molecule has 5 nitrogen and oxygen atoms in total. The Bertz CT molecular complexity index is 622. The number of aryl methyl sites for hydroxylation is 1. The summed E-state index contributed by atoms with van der Waals surface area (Å²) in [6.45, 7) is 8.03. The molecule has 0 aliphatic rings. The summed E-state index contributed by atoms with van der Waals surface area (Å²) < 4.78 is 12.6. The van der Waals surface area contributed by atoms with E-state index in [4.69, 9.17) is 9.47 Å². The highest BCUT2D eigenvalue weighted by Crippen LogP contribution is 2.27. The van der Waals surface area contributed by atoms with Crippen LogP contribution in [0.4, 0.5) is 0 Å². The van der Waals surface area contributed by atoms with Crippen molar-refractivity contribution in [1.82, 2.24) is 15.1 Å². The lowest BCUT2D eigenvalue weighted by Gasteiger charge is -2.15. The van der Waals surface area contributed by atoms with Gasteiger partial charge in [0.25, 0.3) is 0 Å². The molecular formula is C17H25N3O2. The molecule has 0 aliphatic carbocycles. The minimum atomic E-state index is 0.244. The molecule has 1 aromatic heterocycles. The maximum atomic E-state index is 5.34. The van der Waals surface area contributed by atoms with Crippen molar-refractivity contribution in [2.45, 2.75) is 39.9 Å². The smallest absolute Gasteiger partial charge is 0.161 e. The fourth-order valence-corrected chi connectivity index (χ4v) is 2.58. The van der Waals surface area contributed by atoms with E-state index in [0.29, 0.717) is 0 Å². The SMILES string of the molecule is CCn1ncc(C(C)NCc2ccc(OC)c(OC)c2)c1C. The van der Waals surface area contributed by atoms with Crippen LogP contribution >= 0.6 is 0 Å². The summed E-state index contributed by atoms with van der Waals surface area (Å²) in [6, 6.07) is 6.22. The predicted molar refractivity (Wildman–Crippen MR) is 87.4 cm³/mol. The fraction of sp³-hybridized carbons (Fsp3) is 0.471. The second kappa shape index (κ2) is 7.31. The quantitative estimate of drug-likeness (QED) is 0.854. The van der Waals surface area contributed by atoms with Crippen LogP contribution in [-0.4, -0.2) is 24.0 Å². The zero-order valence-corrected chi connectivity index (χ0v) is 14.0. The highest BCUT2D eigenvalue weighted by Gasteiger charge is 2.13. The van der Waals surface area contributed by atoms with Gasteiger partial charge in [-0.25, -0.2) is 0 Å². The van der Waals surface area contributed by atoms with Crippen LogP contribution in [0.1, 0.15) is 36.7 Å². The Morgan fingerprint density at radius 2 is 1.95 bits per heavy atom. The van der Waals surface area contributed by atoms with E-state index in [-0.39, 0.29) is 6.04 Å². The minimum absolute atomic E-state index is 0.244. The molecule has 0 amide bonds. The lowest BCUT2D eigenvalue weighted by atomic mass is 10.1. The summed E-state index contributed by atoms with van der Waals surface area (Å²) in [5.41, 5.74) is 3.61. The van der Waals surface area contributed by atoms with Gasteiger partial charge in [-0.05, 0) is 38.5 Å². The van der Waals surface area contributed by atoms with E-state index >= 15 is 0 Å². The first-order valence-corrected chi connectivity index (χ1v) is 7.57. The Balaban J connectivity index is 2.04. The van der Waals surface area contributed by atoms with Crippen LogP contribution in [0.15, 0.2) is 24.4 Å². The van der Waals surface area contributed by atoms with Crippen molar-refractivity contribution in [2.75, 3.05) is 14.2 Å². The van der Waals surface area contributed by atoms with Gasteiger partial charge in [-0.3, -0.25) is 4.68 Å². The molecule has 1 atom stereocenters. The van der Waals surface area contributed by atoms with Crippen molar-refractivity contribution in [2.24, 2.45) is 0 Å². The molecule has 0 fully saturated rings.